The van der Waals surface area contributed by atoms with Gasteiger partial charge in [-0.25, -0.2) is 0 Å². The lowest BCUT2D eigenvalue weighted by molar-refractivity contribution is -0.142. The van der Waals surface area contributed by atoms with E-state index in [2.05, 4.69) is 15.5 Å². The molecule has 3 aromatic rings. The SMILES string of the molecule is COc1cccc(Cn2cc(NC(=O)Cn3nc(C(F)(F)F)c4c3CCCCC4)cn2)c1. The van der Waals surface area contributed by atoms with E-state index in [1.807, 2.05) is 24.3 Å². The molecule has 0 bridgehead atoms. The fourth-order valence-corrected chi connectivity index (χ4v) is 4.02. The highest BCUT2D eigenvalue weighted by Gasteiger charge is 2.39. The van der Waals surface area contributed by atoms with Gasteiger partial charge in [-0.15, -0.1) is 0 Å². The number of ether oxygens (including phenoxy) is 1. The minimum absolute atomic E-state index is 0.230. The first-order valence-electron chi connectivity index (χ1n) is 10.4. The van der Waals surface area contributed by atoms with Gasteiger partial charge in [0, 0.05) is 17.5 Å². The third kappa shape index (κ3) is 4.95. The van der Waals surface area contributed by atoms with Gasteiger partial charge in [-0.1, -0.05) is 18.6 Å². The monoisotopic (exact) mass is 447 g/mol. The summed E-state index contributed by atoms with van der Waals surface area (Å²) in [6.45, 7) is 0.203. The molecule has 0 radical (unpaired) electrons. The van der Waals surface area contributed by atoms with Gasteiger partial charge in [0.15, 0.2) is 5.69 Å². The molecule has 0 unspecified atom stereocenters. The molecule has 170 valence electrons. The second-order valence-corrected chi connectivity index (χ2v) is 7.82. The highest BCUT2D eigenvalue weighted by Crippen LogP contribution is 2.35. The highest BCUT2D eigenvalue weighted by molar-refractivity contribution is 5.90. The van der Waals surface area contributed by atoms with Crippen LogP contribution in [0.2, 0.25) is 0 Å². The predicted molar refractivity (Wildman–Crippen MR) is 111 cm³/mol. The number of halogens is 3. The van der Waals surface area contributed by atoms with E-state index >= 15 is 0 Å². The number of amides is 1. The normalized spacial score (nSPS) is 14.0. The summed E-state index contributed by atoms with van der Waals surface area (Å²) in [7, 11) is 1.59. The fraction of sp³-hybridized carbons (Fsp3) is 0.409. The molecule has 1 aliphatic rings. The maximum absolute atomic E-state index is 13.4. The number of anilines is 1. The van der Waals surface area contributed by atoms with Crippen LogP contribution in [-0.4, -0.2) is 32.6 Å². The second-order valence-electron chi connectivity index (χ2n) is 7.82. The Labute approximate surface area is 183 Å². The van der Waals surface area contributed by atoms with Gasteiger partial charge in [-0.05, 0) is 43.4 Å². The number of fused-ring (bicyclic) bond motifs is 1. The number of aromatic nitrogens is 4. The molecule has 0 aliphatic heterocycles. The molecular weight excluding hydrogens is 423 g/mol. The van der Waals surface area contributed by atoms with Crippen molar-refractivity contribution in [2.45, 2.75) is 51.4 Å². The molecule has 2 aromatic heterocycles. The minimum atomic E-state index is -4.53. The number of carbonyl (C=O) groups is 1. The van der Waals surface area contributed by atoms with Crippen LogP contribution in [0, 0.1) is 0 Å². The van der Waals surface area contributed by atoms with Gasteiger partial charge in [-0.2, -0.15) is 23.4 Å². The van der Waals surface area contributed by atoms with E-state index in [1.165, 1.54) is 10.9 Å². The minimum Gasteiger partial charge on any atom is -0.497 e. The van der Waals surface area contributed by atoms with Crippen LogP contribution in [-0.2, 0) is 36.9 Å². The molecule has 1 N–H and O–H groups in total. The summed E-state index contributed by atoms with van der Waals surface area (Å²) < 4.78 is 48.4. The molecule has 0 saturated carbocycles. The van der Waals surface area contributed by atoms with Crippen LogP contribution in [0.3, 0.4) is 0 Å². The largest absolute Gasteiger partial charge is 0.497 e. The smallest absolute Gasteiger partial charge is 0.435 e. The molecule has 7 nitrogen and oxygen atoms in total. The van der Waals surface area contributed by atoms with Crippen LogP contribution in [0.4, 0.5) is 18.9 Å². The van der Waals surface area contributed by atoms with Gasteiger partial charge in [0.2, 0.25) is 5.91 Å². The molecule has 1 aliphatic carbocycles. The van der Waals surface area contributed by atoms with Crippen LogP contribution in [0.5, 0.6) is 5.75 Å². The summed E-state index contributed by atoms with van der Waals surface area (Å²) in [5, 5.41) is 10.7. The zero-order valence-corrected chi connectivity index (χ0v) is 17.7. The molecule has 0 spiro atoms. The molecule has 10 heteroatoms. The topological polar surface area (TPSA) is 74.0 Å². The number of hydrogen-bond acceptors (Lipinski definition) is 4. The van der Waals surface area contributed by atoms with E-state index in [9.17, 15) is 18.0 Å². The summed E-state index contributed by atoms with van der Waals surface area (Å²) >= 11 is 0. The molecule has 2 heterocycles. The lowest BCUT2D eigenvalue weighted by Crippen LogP contribution is -2.21. The maximum atomic E-state index is 13.4. The molecule has 32 heavy (non-hydrogen) atoms. The quantitative estimate of drug-likeness (QED) is 0.579. The number of methoxy groups -OCH3 is 1. The van der Waals surface area contributed by atoms with Gasteiger partial charge in [0.1, 0.15) is 12.3 Å². The Balaban J connectivity index is 1.45. The number of nitrogens with zero attached hydrogens (tertiary/aromatic N) is 4. The molecule has 1 amide bonds. The predicted octanol–water partition coefficient (Wildman–Crippen LogP) is 4.06. The third-order valence-electron chi connectivity index (χ3n) is 5.46. The van der Waals surface area contributed by atoms with Crippen molar-refractivity contribution < 1.29 is 22.7 Å². The average Bonchev–Trinajstić information content (AvgIpc) is 3.23. The lowest BCUT2D eigenvalue weighted by Gasteiger charge is -2.07. The summed E-state index contributed by atoms with van der Waals surface area (Å²) in [6.07, 6.45) is 1.81. The van der Waals surface area contributed by atoms with Crippen LogP contribution in [0.25, 0.3) is 0 Å². The zero-order chi connectivity index (χ0) is 22.7. The Kier molecular flexibility index (Phi) is 6.20. The van der Waals surface area contributed by atoms with E-state index in [4.69, 9.17) is 4.74 Å². The van der Waals surface area contributed by atoms with Crippen molar-refractivity contribution in [3.05, 3.63) is 59.2 Å². The van der Waals surface area contributed by atoms with Gasteiger partial charge >= 0.3 is 6.18 Å². The van der Waals surface area contributed by atoms with E-state index in [-0.39, 0.29) is 12.1 Å². The fourth-order valence-electron chi connectivity index (χ4n) is 4.02. The highest BCUT2D eigenvalue weighted by atomic mass is 19.4. The number of carbonyl (C=O) groups excluding carboxylic acids is 1. The van der Waals surface area contributed by atoms with Crippen molar-refractivity contribution in [3.8, 4) is 5.75 Å². The van der Waals surface area contributed by atoms with E-state index in [0.29, 0.717) is 37.2 Å². The van der Waals surface area contributed by atoms with Crippen molar-refractivity contribution in [3.63, 3.8) is 0 Å². The Morgan fingerprint density at radius 1 is 1.22 bits per heavy atom. The van der Waals surface area contributed by atoms with Crippen molar-refractivity contribution >= 4 is 11.6 Å². The standard InChI is InChI=1S/C22H24F3N5O2/c1-32-17-7-5-6-15(10-17)12-29-13-16(11-26-29)27-20(31)14-30-19-9-4-2-3-8-18(19)21(28-30)22(23,24)25/h5-7,10-11,13H,2-4,8-9,12,14H2,1H3,(H,27,31). The summed E-state index contributed by atoms with van der Waals surface area (Å²) in [6, 6.07) is 7.55. The maximum Gasteiger partial charge on any atom is 0.435 e. The van der Waals surface area contributed by atoms with Crippen LogP contribution in [0.1, 0.15) is 41.8 Å². The molecule has 0 atom stereocenters. The summed E-state index contributed by atoms with van der Waals surface area (Å²) in [4.78, 5) is 12.6. The molecule has 1 aromatic carbocycles. The number of nitrogens with one attached hydrogen (secondary N) is 1. The van der Waals surface area contributed by atoms with Crippen molar-refractivity contribution in [1.82, 2.24) is 19.6 Å². The first-order chi connectivity index (χ1) is 15.3. The van der Waals surface area contributed by atoms with Crippen molar-refractivity contribution in [2.24, 2.45) is 0 Å². The summed E-state index contributed by atoms with van der Waals surface area (Å²) in [5.41, 5.74) is 1.32. The average molecular weight is 447 g/mol. The van der Waals surface area contributed by atoms with E-state index < -0.39 is 17.8 Å². The van der Waals surface area contributed by atoms with Crippen LogP contribution < -0.4 is 10.1 Å². The van der Waals surface area contributed by atoms with E-state index in [0.717, 1.165) is 24.2 Å². The lowest BCUT2D eigenvalue weighted by atomic mass is 10.1. The first-order valence-corrected chi connectivity index (χ1v) is 10.4. The number of rotatable bonds is 6. The number of benzene rings is 1. The summed E-state index contributed by atoms with van der Waals surface area (Å²) in [5.74, 6) is 0.286. The van der Waals surface area contributed by atoms with E-state index in [1.54, 1.807) is 18.0 Å². The molecule has 0 saturated heterocycles. The van der Waals surface area contributed by atoms with Crippen molar-refractivity contribution in [2.75, 3.05) is 12.4 Å². The Morgan fingerprint density at radius 3 is 2.81 bits per heavy atom. The van der Waals surface area contributed by atoms with Gasteiger partial charge in [-0.3, -0.25) is 14.2 Å². The molecular formula is C22H24F3N5O2. The number of alkyl halides is 3. The number of hydrogen-bond donors (Lipinski definition) is 1. The van der Waals surface area contributed by atoms with Gasteiger partial charge in [0.05, 0.1) is 25.5 Å². The third-order valence-corrected chi connectivity index (χ3v) is 5.46. The Morgan fingerprint density at radius 2 is 2.03 bits per heavy atom. The second kappa shape index (κ2) is 9.05. The van der Waals surface area contributed by atoms with Gasteiger partial charge < -0.3 is 10.1 Å². The first kappa shape index (κ1) is 21.9. The van der Waals surface area contributed by atoms with Crippen molar-refractivity contribution in [1.29, 1.82) is 0 Å². The van der Waals surface area contributed by atoms with Crippen LogP contribution in [0.15, 0.2) is 36.7 Å². The Hall–Kier alpha value is -3.30. The molecule has 4 rings (SSSR count). The Bertz CT molecular complexity index is 1100. The van der Waals surface area contributed by atoms with Gasteiger partial charge in [0.25, 0.3) is 0 Å². The molecule has 0 fully saturated rings. The van der Waals surface area contributed by atoms with Crippen LogP contribution >= 0.6 is 0 Å². The zero-order valence-electron chi connectivity index (χ0n) is 17.7.